The zero-order valence-electron chi connectivity index (χ0n) is 20.9. The van der Waals surface area contributed by atoms with E-state index in [9.17, 15) is 0 Å². The predicted molar refractivity (Wildman–Crippen MR) is 154 cm³/mol. The molecular weight excluding hydrogens is 438 g/mol. The van der Waals surface area contributed by atoms with Crippen LogP contribution in [0.15, 0.2) is 132 Å². The summed E-state index contributed by atoms with van der Waals surface area (Å²) >= 11 is 0. The first-order valence-electron chi connectivity index (χ1n) is 12.5. The molecule has 178 valence electrons. The molecule has 0 aliphatic heterocycles. The molecule has 0 radical (unpaired) electrons. The molecule has 0 aromatic heterocycles. The van der Waals surface area contributed by atoms with E-state index in [4.69, 9.17) is 5.10 Å². The van der Waals surface area contributed by atoms with Gasteiger partial charge in [0.25, 0.3) is 0 Å². The van der Waals surface area contributed by atoms with Gasteiger partial charge in [-0.25, -0.2) is 5.01 Å². The van der Waals surface area contributed by atoms with Crippen LogP contribution in [0, 0.1) is 13.8 Å². The van der Waals surface area contributed by atoms with E-state index in [2.05, 4.69) is 122 Å². The molecule has 0 N–H and O–H groups in total. The van der Waals surface area contributed by atoms with Gasteiger partial charge in [0.15, 0.2) is 0 Å². The fraction of sp³-hybridized carbons (Fsp3) is 0.121. The SMILES string of the molecule is Cc1ccc(N(c2ccc(C)cc2)c2ccc(C=NN(C3=CCCC=C3)c3ccccc3)cc2)cc1. The molecule has 1 aliphatic carbocycles. The van der Waals surface area contributed by atoms with Gasteiger partial charge in [-0.05, 0) is 86.9 Å². The molecule has 0 bridgehead atoms. The van der Waals surface area contributed by atoms with Crippen molar-refractivity contribution in [2.75, 3.05) is 9.91 Å². The van der Waals surface area contributed by atoms with Gasteiger partial charge in [0, 0.05) is 17.1 Å². The Bertz CT molecular complexity index is 1320. The van der Waals surface area contributed by atoms with Gasteiger partial charge in [-0.3, -0.25) is 0 Å². The van der Waals surface area contributed by atoms with Crippen LogP contribution in [0.4, 0.5) is 22.7 Å². The van der Waals surface area contributed by atoms with E-state index < -0.39 is 0 Å². The number of benzene rings is 4. The second kappa shape index (κ2) is 10.9. The molecule has 0 saturated carbocycles. The third kappa shape index (κ3) is 5.47. The highest BCUT2D eigenvalue weighted by Gasteiger charge is 2.13. The predicted octanol–water partition coefficient (Wildman–Crippen LogP) is 8.85. The summed E-state index contributed by atoms with van der Waals surface area (Å²) in [5.41, 5.74) is 9.08. The van der Waals surface area contributed by atoms with Crippen LogP contribution in [0.2, 0.25) is 0 Å². The molecule has 3 heteroatoms. The van der Waals surface area contributed by atoms with Gasteiger partial charge in [-0.2, -0.15) is 5.10 Å². The Morgan fingerprint density at radius 1 is 0.611 bits per heavy atom. The standard InChI is InChI=1S/C33H31N3/c1-26-13-19-29(20-14-26)35(30-21-15-27(2)16-22-30)31-23-17-28(18-24-31)25-34-36(32-9-5-3-6-10-32)33-11-7-4-8-12-33/h3,5-7,9-25H,4,8H2,1-2H3. The summed E-state index contributed by atoms with van der Waals surface area (Å²) in [5.74, 6) is 0. The minimum atomic E-state index is 1.03. The van der Waals surface area contributed by atoms with Crippen LogP contribution in [-0.2, 0) is 0 Å². The average Bonchev–Trinajstić information content (AvgIpc) is 2.93. The lowest BCUT2D eigenvalue weighted by atomic mass is 10.1. The first kappa shape index (κ1) is 23.4. The largest absolute Gasteiger partial charge is 0.311 e. The van der Waals surface area contributed by atoms with Crippen molar-refractivity contribution in [1.29, 1.82) is 0 Å². The van der Waals surface area contributed by atoms with Gasteiger partial charge in [-0.1, -0.05) is 77.9 Å². The number of aryl methyl sites for hydroxylation is 2. The van der Waals surface area contributed by atoms with E-state index in [0.29, 0.717) is 0 Å². The van der Waals surface area contributed by atoms with Crippen molar-refractivity contribution < 1.29 is 0 Å². The van der Waals surface area contributed by atoms with Gasteiger partial charge >= 0.3 is 0 Å². The summed E-state index contributed by atoms with van der Waals surface area (Å²) in [5, 5.41) is 6.88. The molecule has 0 spiro atoms. The van der Waals surface area contributed by atoms with Crippen molar-refractivity contribution >= 4 is 29.0 Å². The second-order valence-electron chi connectivity index (χ2n) is 9.10. The molecule has 1 aliphatic rings. The summed E-state index contributed by atoms with van der Waals surface area (Å²) in [4.78, 5) is 2.29. The monoisotopic (exact) mass is 469 g/mol. The van der Waals surface area contributed by atoms with Crippen molar-refractivity contribution in [1.82, 2.24) is 0 Å². The van der Waals surface area contributed by atoms with Crippen LogP contribution >= 0.6 is 0 Å². The number of hydrogen-bond donors (Lipinski definition) is 0. The number of para-hydroxylation sites is 1. The molecule has 4 aromatic carbocycles. The van der Waals surface area contributed by atoms with Crippen molar-refractivity contribution in [3.05, 3.63) is 144 Å². The van der Waals surface area contributed by atoms with Crippen LogP contribution in [0.25, 0.3) is 0 Å². The Labute approximate surface area is 214 Å². The van der Waals surface area contributed by atoms with E-state index in [1.165, 1.54) is 11.1 Å². The van der Waals surface area contributed by atoms with Gasteiger partial charge in [0.2, 0.25) is 0 Å². The van der Waals surface area contributed by atoms with Crippen LogP contribution < -0.4 is 9.91 Å². The molecule has 36 heavy (non-hydrogen) atoms. The molecule has 0 atom stereocenters. The number of anilines is 4. The maximum Gasteiger partial charge on any atom is 0.0652 e. The van der Waals surface area contributed by atoms with Gasteiger partial charge < -0.3 is 4.90 Å². The fourth-order valence-corrected chi connectivity index (χ4v) is 4.28. The fourth-order valence-electron chi connectivity index (χ4n) is 4.28. The van der Waals surface area contributed by atoms with Crippen molar-refractivity contribution in [3.63, 3.8) is 0 Å². The van der Waals surface area contributed by atoms with Crippen molar-refractivity contribution in [3.8, 4) is 0 Å². The van der Waals surface area contributed by atoms with Crippen molar-refractivity contribution in [2.24, 2.45) is 5.10 Å². The van der Waals surface area contributed by atoms with Gasteiger partial charge in [0.05, 0.1) is 17.6 Å². The zero-order valence-corrected chi connectivity index (χ0v) is 20.9. The smallest absolute Gasteiger partial charge is 0.0652 e. The van der Waals surface area contributed by atoms with Gasteiger partial charge in [0.1, 0.15) is 0 Å². The summed E-state index contributed by atoms with van der Waals surface area (Å²) in [6.07, 6.45) is 10.7. The third-order valence-corrected chi connectivity index (χ3v) is 6.28. The zero-order chi connectivity index (χ0) is 24.7. The average molecular weight is 470 g/mol. The normalized spacial score (nSPS) is 13.0. The molecule has 3 nitrogen and oxygen atoms in total. The molecule has 0 unspecified atom stereocenters. The number of rotatable bonds is 7. The van der Waals surface area contributed by atoms with E-state index in [1.807, 2.05) is 29.4 Å². The highest BCUT2D eigenvalue weighted by molar-refractivity contribution is 5.83. The minimum absolute atomic E-state index is 1.03. The summed E-state index contributed by atoms with van der Waals surface area (Å²) in [7, 11) is 0. The summed E-state index contributed by atoms with van der Waals surface area (Å²) < 4.78 is 0. The molecule has 5 rings (SSSR count). The van der Waals surface area contributed by atoms with Crippen molar-refractivity contribution in [2.45, 2.75) is 26.7 Å². The first-order chi connectivity index (χ1) is 17.7. The van der Waals surface area contributed by atoms with Crippen LogP contribution in [0.3, 0.4) is 0 Å². The lowest BCUT2D eigenvalue weighted by Crippen LogP contribution is -2.15. The molecule has 0 heterocycles. The highest BCUT2D eigenvalue weighted by atomic mass is 15.5. The maximum absolute atomic E-state index is 4.87. The Morgan fingerprint density at radius 2 is 1.17 bits per heavy atom. The maximum atomic E-state index is 4.87. The molecule has 0 amide bonds. The first-order valence-corrected chi connectivity index (χ1v) is 12.5. The molecular formula is C33H31N3. The summed E-state index contributed by atoms with van der Waals surface area (Å²) in [6, 6.07) is 36.2. The number of hydrogen-bond acceptors (Lipinski definition) is 3. The Kier molecular flexibility index (Phi) is 7.09. The second-order valence-corrected chi connectivity index (χ2v) is 9.10. The molecule has 4 aromatic rings. The van der Waals surface area contributed by atoms with Crippen LogP contribution in [0.1, 0.15) is 29.5 Å². The van der Waals surface area contributed by atoms with E-state index in [1.54, 1.807) is 0 Å². The Hall–Kier alpha value is -4.37. The quantitative estimate of drug-likeness (QED) is 0.199. The molecule has 0 saturated heterocycles. The molecule has 0 fully saturated rings. The van der Waals surface area contributed by atoms with E-state index >= 15 is 0 Å². The Morgan fingerprint density at radius 3 is 1.69 bits per heavy atom. The van der Waals surface area contributed by atoms with Crippen LogP contribution in [-0.4, -0.2) is 6.21 Å². The van der Waals surface area contributed by atoms with E-state index in [-0.39, 0.29) is 0 Å². The summed E-state index contributed by atoms with van der Waals surface area (Å²) in [6.45, 7) is 4.23. The van der Waals surface area contributed by atoms with Gasteiger partial charge in [-0.15, -0.1) is 0 Å². The Balaban J connectivity index is 1.44. The number of nitrogens with zero attached hydrogens (tertiary/aromatic N) is 3. The topological polar surface area (TPSA) is 18.8 Å². The highest BCUT2D eigenvalue weighted by Crippen LogP contribution is 2.34. The van der Waals surface area contributed by atoms with E-state index in [0.717, 1.165) is 46.9 Å². The number of hydrazone groups is 1. The number of allylic oxidation sites excluding steroid dienone is 3. The lowest BCUT2D eigenvalue weighted by molar-refractivity contribution is 0.953. The lowest BCUT2D eigenvalue weighted by Gasteiger charge is -2.26. The minimum Gasteiger partial charge on any atom is -0.311 e. The third-order valence-electron chi connectivity index (χ3n) is 6.28. The van der Waals surface area contributed by atoms with Crippen LogP contribution in [0.5, 0.6) is 0 Å².